The van der Waals surface area contributed by atoms with E-state index in [2.05, 4.69) is 28.6 Å². The molecular weight excluding hydrogens is 262 g/mol. The van der Waals surface area contributed by atoms with Crippen LogP contribution in [0.3, 0.4) is 0 Å². The quantitative estimate of drug-likeness (QED) is 0.811. The molecule has 0 saturated carbocycles. The zero-order chi connectivity index (χ0) is 15.1. The van der Waals surface area contributed by atoms with E-state index < -0.39 is 0 Å². The average molecular weight is 287 g/mol. The van der Waals surface area contributed by atoms with Crippen molar-refractivity contribution in [2.45, 2.75) is 38.3 Å². The summed E-state index contributed by atoms with van der Waals surface area (Å²) < 4.78 is 7.53. The molecule has 21 heavy (non-hydrogen) atoms. The van der Waals surface area contributed by atoms with Crippen LogP contribution in [0, 0.1) is 0 Å². The molecule has 1 unspecified atom stereocenters. The van der Waals surface area contributed by atoms with Gasteiger partial charge in [0.05, 0.1) is 30.7 Å². The van der Waals surface area contributed by atoms with E-state index in [1.54, 1.807) is 7.11 Å². The Balaban J connectivity index is 2.14. The van der Waals surface area contributed by atoms with Gasteiger partial charge < -0.3 is 15.0 Å². The highest BCUT2D eigenvalue weighted by Crippen LogP contribution is 2.22. The summed E-state index contributed by atoms with van der Waals surface area (Å²) in [6, 6.07) is 10.6. The number of imidazole rings is 1. The highest BCUT2D eigenvalue weighted by Gasteiger charge is 2.18. The standard InChI is InChI=1S/C17H25N3O/c1-3-7-15(12-21-2)20-13-19-11-17(20)16(18)10-14-8-5-4-6-9-14/h4-6,8-9,11,13,15-16H,3,7,10,12,18H2,1-2H3/t15?,16-/m1/s1. The van der Waals surface area contributed by atoms with E-state index in [1.165, 1.54) is 5.56 Å². The highest BCUT2D eigenvalue weighted by molar-refractivity contribution is 5.18. The van der Waals surface area contributed by atoms with E-state index in [1.807, 2.05) is 30.7 Å². The van der Waals surface area contributed by atoms with E-state index in [0.29, 0.717) is 12.6 Å². The lowest BCUT2D eigenvalue weighted by molar-refractivity contribution is 0.148. The molecule has 0 aliphatic rings. The molecule has 114 valence electrons. The minimum Gasteiger partial charge on any atom is -0.383 e. The van der Waals surface area contributed by atoms with Crippen LogP contribution in [0.4, 0.5) is 0 Å². The van der Waals surface area contributed by atoms with Crippen molar-refractivity contribution in [2.24, 2.45) is 5.73 Å². The van der Waals surface area contributed by atoms with Crippen LogP contribution in [-0.4, -0.2) is 23.3 Å². The van der Waals surface area contributed by atoms with E-state index in [4.69, 9.17) is 10.5 Å². The first-order chi connectivity index (χ1) is 10.3. The molecule has 1 heterocycles. The van der Waals surface area contributed by atoms with Crippen LogP contribution in [-0.2, 0) is 11.2 Å². The Labute approximate surface area is 127 Å². The molecule has 0 aliphatic heterocycles. The maximum Gasteiger partial charge on any atom is 0.0952 e. The molecule has 2 N–H and O–H groups in total. The summed E-state index contributed by atoms with van der Waals surface area (Å²) in [5.41, 5.74) is 8.73. The minimum absolute atomic E-state index is 0.0499. The normalized spacial score (nSPS) is 14.0. The summed E-state index contributed by atoms with van der Waals surface area (Å²) in [6.45, 7) is 2.87. The molecule has 0 bridgehead atoms. The predicted octanol–water partition coefficient (Wildman–Crippen LogP) is 3.11. The zero-order valence-corrected chi connectivity index (χ0v) is 12.9. The van der Waals surface area contributed by atoms with Crippen molar-refractivity contribution in [2.75, 3.05) is 13.7 Å². The van der Waals surface area contributed by atoms with Crippen LogP contribution in [0.25, 0.3) is 0 Å². The van der Waals surface area contributed by atoms with Crippen molar-refractivity contribution in [3.8, 4) is 0 Å². The van der Waals surface area contributed by atoms with E-state index in [0.717, 1.165) is 25.0 Å². The summed E-state index contributed by atoms with van der Waals surface area (Å²) in [6.07, 6.45) is 6.75. The Kier molecular flexibility index (Phi) is 5.96. The fourth-order valence-electron chi connectivity index (χ4n) is 2.71. The van der Waals surface area contributed by atoms with Crippen LogP contribution >= 0.6 is 0 Å². The topological polar surface area (TPSA) is 53.1 Å². The van der Waals surface area contributed by atoms with E-state index in [9.17, 15) is 0 Å². The number of nitrogens with zero attached hydrogens (tertiary/aromatic N) is 2. The van der Waals surface area contributed by atoms with Gasteiger partial charge in [-0.05, 0) is 18.4 Å². The maximum absolute atomic E-state index is 6.40. The monoisotopic (exact) mass is 287 g/mol. The first-order valence-corrected chi connectivity index (χ1v) is 7.56. The lowest BCUT2D eigenvalue weighted by Crippen LogP contribution is -2.22. The van der Waals surface area contributed by atoms with Gasteiger partial charge in [-0.3, -0.25) is 0 Å². The number of benzene rings is 1. The first-order valence-electron chi connectivity index (χ1n) is 7.56. The summed E-state index contributed by atoms with van der Waals surface area (Å²) in [5.74, 6) is 0. The lowest BCUT2D eigenvalue weighted by atomic mass is 10.0. The van der Waals surface area contributed by atoms with Crippen LogP contribution in [0.15, 0.2) is 42.9 Å². The molecule has 0 fully saturated rings. The van der Waals surface area contributed by atoms with Crippen LogP contribution < -0.4 is 5.73 Å². The number of hydrogen-bond donors (Lipinski definition) is 1. The number of nitrogens with two attached hydrogens (primary N) is 1. The van der Waals surface area contributed by atoms with Crippen LogP contribution in [0.5, 0.6) is 0 Å². The minimum atomic E-state index is -0.0499. The second-order valence-electron chi connectivity index (χ2n) is 5.42. The average Bonchev–Trinajstić information content (AvgIpc) is 2.97. The van der Waals surface area contributed by atoms with Gasteiger partial charge >= 0.3 is 0 Å². The molecule has 1 aromatic carbocycles. The molecular formula is C17H25N3O. The molecule has 2 atom stereocenters. The maximum atomic E-state index is 6.40. The molecule has 2 aromatic rings. The van der Waals surface area contributed by atoms with Crippen LogP contribution in [0.1, 0.15) is 43.1 Å². The van der Waals surface area contributed by atoms with Gasteiger partial charge in [-0.2, -0.15) is 0 Å². The molecule has 1 aromatic heterocycles. The van der Waals surface area contributed by atoms with Crippen molar-refractivity contribution in [1.82, 2.24) is 9.55 Å². The van der Waals surface area contributed by atoms with Gasteiger partial charge in [0, 0.05) is 13.3 Å². The van der Waals surface area contributed by atoms with Gasteiger partial charge in [-0.25, -0.2) is 4.98 Å². The Morgan fingerprint density at radius 3 is 2.71 bits per heavy atom. The van der Waals surface area contributed by atoms with Gasteiger partial charge in [0.1, 0.15) is 0 Å². The van der Waals surface area contributed by atoms with Crippen molar-refractivity contribution < 1.29 is 4.74 Å². The fourth-order valence-corrected chi connectivity index (χ4v) is 2.71. The molecule has 0 saturated heterocycles. The molecule has 0 amide bonds. The molecule has 0 radical (unpaired) electrons. The van der Waals surface area contributed by atoms with Crippen molar-refractivity contribution in [3.05, 3.63) is 54.1 Å². The third kappa shape index (κ3) is 4.16. The molecule has 2 rings (SSSR count). The summed E-state index contributed by atoms with van der Waals surface area (Å²) in [4.78, 5) is 4.30. The van der Waals surface area contributed by atoms with E-state index in [-0.39, 0.29) is 6.04 Å². The summed E-state index contributed by atoms with van der Waals surface area (Å²) in [5, 5.41) is 0. The molecule has 4 heteroatoms. The third-order valence-electron chi connectivity index (χ3n) is 3.75. The number of aromatic nitrogens is 2. The van der Waals surface area contributed by atoms with Gasteiger partial charge in [-0.15, -0.1) is 0 Å². The third-order valence-corrected chi connectivity index (χ3v) is 3.75. The second kappa shape index (κ2) is 7.96. The van der Waals surface area contributed by atoms with Crippen LogP contribution in [0.2, 0.25) is 0 Å². The Morgan fingerprint density at radius 2 is 2.05 bits per heavy atom. The number of methoxy groups -OCH3 is 1. The lowest BCUT2D eigenvalue weighted by Gasteiger charge is -2.22. The fraction of sp³-hybridized carbons (Fsp3) is 0.471. The second-order valence-corrected chi connectivity index (χ2v) is 5.42. The van der Waals surface area contributed by atoms with Gasteiger partial charge in [0.15, 0.2) is 0 Å². The van der Waals surface area contributed by atoms with Crippen molar-refractivity contribution >= 4 is 0 Å². The summed E-state index contributed by atoms with van der Waals surface area (Å²) >= 11 is 0. The first kappa shape index (κ1) is 15.7. The smallest absolute Gasteiger partial charge is 0.0952 e. The zero-order valence-electron chi connectivity index (χ0n) is 12.9. The van der Waals surface area contributed by atoms with E-state index >= 15 is 0 Å². The van der Waals surface area contributed by atoms with Crippen molar-refractivity contribution in [1.29, 1.82) is 0 Å². The molecule has 4 nitrogen and oxygen atoms in total. The number of hydrogen-bond acceptors (Lipinski definition) is 3. The highest BCUT2D eigenvalue weighted by atomic mass is 16.5. The van der Waals surface area contributed by atoms with Gasteiger partial charge in [-0.1, -0.05) is 43.7 Å². The Hall–Kier alpha value is -1.65. The Morgan fingerprint density at radius 1 is 1.29 bits per heavy atom. The SMILES string of the molecule is CCCC(COC)n1cncc1[C@H](N)Cc1ccccc1. The van der Waals surface area contributed by atoms with Crippen molar-refractivity contribution in [3.63, 3.8) is 0 Å². The predicted molar refractivity (Wildman–Crippen MR) is 85.1 cm³/mol. The number of ether oxygens (including phenoxy) is 1. The molecule has 0 spiro atoms. The molecule has 0 aliphatic carbocycles. The number of rotatable bonds is 8. The van der Waals surface area contributed by atoms with Gasteiger partial charge in [0.2, 0.25) is 0 Å². The largest absolute Gasteiger partial charge is 0.383 e. The summed E-state index contributed by atoms with van der Waals surface area (Å²) in [7, 11) is 1.74. The Bertz CT molecular complexity index is 518. The van der Waals surface area contributed by atoms with Gasteiger partial charge in [0.25, 0.3) is 0 Å².